The fourth-order valence-corrected chi connectivity index (χ4v) is 9.35. The van der Waals surface area contributed by atoms with E-state index in [1.807, 2.05) is 30.5 Å². The van der Waals surface area contributed by atoms with Crippen LogP contribution in [0.15, 0.2) is 71.7 Å². The van der Waals surface area contributed by atoms with Crippen molar-refractivity contribution in [1.82, 2.24) is 40.6 Å². The van der Waals surface area contributed by atoms with E-state index in [0.717, 1.165) is 54.1 Å². The number of fused-ring (bicyclic) bond motifs is 1. The van der Waals surface area contributed by atoms with Crippen LogP contribution < -0.4 is 25.8 Å². The molecule has 4 heterocycles. The van der Waals surface area contributed by atoms with Gasteiger partial charge in [0.15, 0.2) is 0 Å². The van der Waals surface area contributed by atoms with E-state index in [1.165, 1.54) is 0 Å². The third-order valence-electron chi connectivity index (χ3n) is 12.0. The third-order valence-corrected chi connectivity index (χ3v) is 12.3. The number of carbonyl (C=O) groups excluding carboxylic acids is 3. The molecule has 298 valence electrons. The van der Waals surface area contributed by atoms with Gasteiger partial charge in [0.1, 0.15) is 23.4 Å². The second-order valence-electron chi connectivity index (χ2n) is 16.6. The highest BCUT2D eigenvalue weighted by Crippen LogP contribution is 2.55. The van der Waals surface area contributed by atoms with Gasteiger partial charge >= 0.3 is 0 Å². The number of rotatable bonds is 9. The topological polar surface area (TPSA) is 171 Å². The van der Waals surface area contributed by atoms with Gasteiger partial charge in [-0.25, -0.2) is 9.53 Å². The SMILES string of the molecule is [C-]#[N+]c1ccc(OC2C(C)(C)C(NC(=O)c3ccc(-n4cc(CC5CCN(c6ccc7nnn(C8CCC(=O)NC8=O)c(=O)c7c6)CC5)nn4)cc3)C2(C)C)cc1Cl. The fraction of sp³-hybridized carbons (Fsp3) is 0.405. The van der Waals surface area contributed by atoms with E-state index in [4.69, 9.17) is 22.9 Å². The summed E-state index contributed by atoms with van der Waals surface area (Å²) in [7, 11) is 0. The molecule has 3 aliphatic rings. The molecular weight excluding hydrogens is 760 g/mol. The normalized spacial score (nSPS) is 21.5. The van der Waals surface area contributed by atoms with Gasteiger partial charge in [0.2, 0.25) is 11.6 Å². The minimum atomic E-state index is -0.871. The molecule has 5 aromatic rings. The molecule has 1 aliphatic carbocycles. The summed E-state index contributed by atoms with van der Waals surface area (Å²) in [5.74, 6) is -0.0894. The number of amides is 3. The van der Waals surface area contributed by atoms with Crippen molar-refractivity contribution in [2.75, 3.05) is 18.0 Å². The summed E-state index contributed by atoms with van der Waals surface area (Å²) in [5.41, 5.74) is 2.77. The van der Waals surface area contributed by atoms with Gasteiger partial charge in [0.25, 0.3) is 17.4 Å². The Kier molecular flexibility index (Phi) is 10.0. The summed E-state index contributed by atoms with van der Waals surface area (Å²) in [6.45, 7) is 17.1. The molecule has 0 bridgehead atoms. The Hall–Kier alpha value is -6.14. The Balaban J connectivity index is 0.853. The Morgan fingerprint density at radius 3 is 2.36 bits per heavy atom. The van der Waals surface area contributed by atoms with Crippen LogP contribution in [0, 0.1) is 23.3 Å². The number of halogens is 1. The number of aromatic nitrogens is 6. The maximum absolute atomic E-state index is 13.5. The van der Waals surface area contributed by atoms with Crippen molar-refractivity contribution in [3.05, 3.63) is 105 Å². The van der Waals surface area contributed by atoms with E-state index < -0.39 is 17.5 Å². The number of imide groups is 1. The third kappa shape index (κ3) is 7.17. The minimum absolute atomic E-state index is 0.139. The number of hydrogen-bond acceptors (Lipinski definition) is 10. The van der Waals surface area contributed by atoms with E-state index in [0.29, 0.717) is 38.8 Å². The summed E-state index contributed by atoms with van der Waals surface area (Å²) in [5, 5.41) is 23.3. The molecule has 0 spiro atoms. The van der Waals surface area contributed by atoms with Gasteiger partial charge in [-0.3, -0.25) is 24.5 Å². The molecule has 2 saturated heterocycles. The van der Waals surface area contributed by atoms with Crippen molar-refractivity contribution < 1.29 is 19.1 Å². The number of nitrogens with zero attached hydrogens (tertiary/aromatic N) is 8. The minimum Gasteiger partial charge on any atom is -0.489 e. The Morgan fingerprint density at radius 1 is 0.948 bits per heavy atom. The van der Waals surface area contributed by atoms with E-state index in [1.54, 1.807) is 41.1 Å². The average Bonchev–Trinajstić information content (AvgIpc) is 3.68. The lowest BCUT2D eigenvalue weighted by atomic mass is 9.49. The maximum atomic E-state index is 13.5. The molecule has 1 unspecified atom stereocenters. The maximum Gasteiger partial charge on any atom is 0.278 e. The number of benzene rings is 3. The smallest absolute Gasteiger partial charge is 0.278 e. The molecule has 0 radical (unpaired) electrons. The van der Waals surface area contributed by atoms with Crippen molar-refractivity contribution in [2.24, 2.45) is 16.7 Å². The zero-order chi connectivity index (χ0) is 40.9. The highest BCUT2D eigenvalue weighted by Gasteiger charge is 2.64. The van der Waals surface area contributed by atoms with E-state index in [2.05, 4.69) is 68.7 Å². The predicted octanol–water partition coefficient (Wildman–Crippen LogP) is 5.63. The van der Waals surface area contributed by atoms with Crippen LogP contribution in [0.4, 0.5) is 11.4 Å². The van der Waals surface area contributed by atoms with E-state index in [9.17, 15) is 19.2 Å². The van der Waals surface area contributed by atoms with Gasteiger partial charge in [-0.1, -0.05) is 55.8 Å². The largest absolute Gasteiger partial charge is 0.489 e. The number of ether oxygens (including phenoxy) is 1. The second kappa shape index (κ2) is 15.0. The zero-order valence-corrected chi connectivity index (χ0v) is 33.4. The highest BCUT2D eigenvalue weighted by molar-refractivity contribution is 6.33. The van der Waals surface area contributed by atoms with Gasteiger partial charge in [-0.05, 0) is 86.2 Å². The number of nitrogens with one attached hydrogen (secondary N) is 2. The number of anilines is 1. The fourth-order valence-electron chi connectivity index (χ4n) is 9.14. The summed E-state index contributed by atoms with van der Waals surface area (Å²) >= 11 is 6.25. The number of hydrogen-bond donors (Lipinski definition) is 2. The van der Waals surface area contributed by atoms with Gasteiger partial charge in [0.05, 0.1) is 34.6 Å². The van der Waals surface area contributed by atoms with Crippen molar-refractivity contribution in [2.45, 2.75) is 78.0 Å². The van der Waals surface area contributed by atoms with Crippen molar-refractivity contribution in [3.8, 4) is 11.4 Å². The van der Waals surface area contributed by atoms with Crippen LogP contribution in [0.25, 0.3) is 21.4 Å². The molecule has 15 nitrogen and oxygen atoms in total. The summed E-state index contributed by atoms with van der Waals surface area (Å²) in [6.07, 6.45) is 4.70. The summed E-state index contributed by atoms with van der Waals surface area (Å²) < 4.78 is 9.18. The quantitative estimate of drug-likeness (QED) is 0.141. The molecular formula is C42H43ClN10O5. The lowest BCUT2D eigenvalue weighted by Crippen LogP contribution is -2.74. The molecule has 16 heteroatoms. The standard InChI is InChI=1S/C42H43ClN10O5/c1-41(2)39(42(3,4)40(41)58-29-11-13-33(44-5)31(43)22-29)46-36(55)25-6-8-27(9-7-25)52-23-26(47-49-52)20-24-16-18-51(19-17-24)28-10-12-32-30(21-28)38(57)53(50-48-32)34-14-15-35(54)45-37(34)56/h6-13,21-24,34,39-40H,14-20H2,1-4H3,(H,46,55)(H,45,54,56). The van der Waals surface area contributed by atoms with Crippen molar-refractivity contribution in [3.63, 3.8) is 0 Å². The Bertz CT molecular complexity index is 2520. The molecule has 3 fully saturated rings. The van der Waals surface area contributed by atoms with Crippen LogP contribution in [0.1, 0.15) is 75.5 Å². The second-order valence-corrected chi connectivity index (χ2v) is 17.0. The van der Waals surface area contributed by atoms with Crippen molar-refractivity contribution >= 4 is 51.6 Å². The Morgan fingerprint density at radius 2 is 1.67 bits per heavy atom. The number of carbonyl (C=O) groups is 3. The van der Waals surface area contributed by atoms with Crippen LogP contribution in [0.2, 0.25) is 5.02 Å². The summed E-state index contributed by atoms with van der Waals surface area (Å²) in [6, 6.07) is 16.9. The van der Waals surface area contributed by atoms with Crippen LogP contribution in [-0.2, 0) is 16.0 Å². The van der Waals surface area contributed by atoms with E-state index >= 15 is 0 Å². The summed E-state index contributed by atoms with van der Waals surface area (Å²) in [4.78, 5) is 56.6. The molecule has 2 aromatic heterocycles. The molecule has 58 heavy (non-hydrogen) atoms. The monoisotopic (exact) mass is 802 g/mol. The molecule has 2 aliphatic heterocycles. The van der Waals surface area contributed by atoms with Gasteiger partial charge in [-0.15, -0.1) is 10.2 Å². The molecule has 3 amide bonds. The molecule has 1 atom stereocenters. The lowest BCUT2D eigenvalue weighted by molar-refractivity contribution is -0.164. The van der Waals surface area contributed by atoms with Crippen molar-refractivity contribution in [1.29, 1.82) is 0 Å². The zero-order valence-electron chi connectivity index (χ0n) is 32.6. The number of piperidine rings is 2. The van der Waals surface area contributed by atoms with Crippen LogP contribution in [0.3, 0.4) is 0 Å². The molecule has 1 saturated carbocycles. The van der Waals surface area contributed by atoms with Gasteiger partial charge in [-0.2, -0.15) is 4.68 Å². The first-order valence-corrected chi connectivity index (χ1v) is 19.7. The first-order valence-electron chi connectivity index (χ1n) is 19.4. The average molecular weight is 803 g/mol. The Labute approximate surface area is 339 Å². The highest BCUT2D eigenvalue weighted by atomic mass is 35.5. The van der Waals surface area contributed by atoms with Gasteiger partial charge < -0.3 is 15.0 Å². The van der Waals surface area contributed by atoms with Crippen LogP contribution >= 0.6 is 11.6 Å². The molecule has 8 rings (SSSR count). The lowest BCUT2D eigenvalue weighted by Gasteiger charge is -2.63. The first kappa shape index (κ1) is 38.7. The van der Waals surface area contributed by atoms with E-state index in [-0.39, 0.29) is 47.6 Å². The van der Waals surface area contributed by atoms with Crippen LogP contribution in [-0.4, -0.2) is 72.9 Å². The first-order chi connectivity index (χ1) is 27.7. The van der Waals surface area contributed by atoms with Gasteiger partial charge in [0, 0.05) is 47.6 Å². The predicted molar refractivity (Wildman–Crippen MR) is 216 cm³/mol. The molecule has 3 aromatic carbocycles. The van der Waals surface area contributed by atoms with Crippen LogP contribution in [0.5, 0.6) is 5.75 Å². The molecule has 2 N–H and O–H groups in total.